The van der Waals surface area contributed by atoms with Crippen molar-refractivity contribution in [3.8, 4) is 0 Å². The number of para-hydroxylation sites is 1. The van der Waals surface area contributed by atoms with Crippen molar-refractivity contribution in [3.63, 3.8) is 0 Å². The second kappa shape index (κ2) is 5.17. The second-order valence-corrected chi connectivity index (χ2v) is 4.47. The Morgan fingerprint density at radius 2 is 2.00 bits per heavy atom. The number of hydrogen-bond donors (Lipinski definition) is 1. The molecule has 2 atom stereocenters. The minimum absolute atomic E-state index is 0.0351. The maximum Gasteiger partial charge on any atom is 0.0853 e. The van der Waals surface area contributed by atoms with Crippen molar-refractivity contribution in [1.82, 2.24) is 0 Å². The van der Waals surface area contributed by atoms with Crippen molar-refractivity contribution in [3.05, 3.63) is 43.0 Å². The van der Waals surface area contributed by atoms with Crippen LogP contribution < -0.4 is 4.90 Å². The van der Waals surface area contributed by atoms with E-state index in [2.05, 4.69) is 11.5 Å². The molecule has 0 aromatic heterocycles. The summed E-state index contributed by atoms with van der Waals surface area (Å²) >= 11 is 0. The number of aliphatic hydroxyl groups is 1. The molecular weight excluding hydrogens is 198 g/mol. The van der Waals surface area contributed by atoms with Gasteiger partial charge in [0.1, 0.15) is 0 Å². The van der Waals surface area contributed by atoms with E-state index in [9.17, 15) is 5.11 Å². The molecule has 1 N–H and O–H groups in total. The highest BCUT2D eigenvalue weighted by atomic mass is 16.3. The Kier molecular flexibility index (Phi) is 4.13. The molecule has 1 aromatic rings. The Morgan fingerprint density at radius 1 is 1.44 bits per heavy atom. The average molecular weight is 219 g/mol. The van der Waals surface area contributed by atoms with Crippen molar-refractivity contribution in [2.24, 2.45) is 0 Å². The zero-order valence-corrected chi connectivity index (χ0v) is 10.4. The first-order valence-electron chi connectivity index (χ1n) is 5.60. The lowest BCUT2D eigenvalue weighted by Crippen LogP contribution is -2.47. The average Bonchev–Trinajstić information content (AvgIpc) is 2.28. The van der Waals surface area contributed by atoms with Gasteiger partial charge in [0.2, 0.25) is 0 Å². The first-order chi connectivity index (χ1) is 7.49. The van der Waals surface area contributed by atoms with Gasteiger partial charge in [-0.15, -0.1) is 6.58 Å². The van der Waals surface area contributed by atoms with Crippen LogP contribution >= 0.6 is 0 Å². The molecule has 1 aromatic carbocycles. The summed E-state index contributed by atoms with van der Waals surface area (Å²) in [5.74, 6) is 0. The minimum atomic E-state index is -0.758. The summed E-state index contributed by atoms with van der Waals surface area (Å²) in [5.41, 5.74) is 0.353. The molecule has 0 spiro atoms. The fourth-order valence-electron chi connectivity index (χ4n) is 1.77. The van der Waals surface area contributed by atoms with Crippen LogP contribution in [0.1, 0.15) is 20.3 Å². The molecule has 0 saturated carbocycles. The number of likely N-dealkylation sites (N-methyl/N-ethyl adjacent to an activating group) is 1. The van der Waals surface area contributed by atoms with E-state index in [0.29, 0.717) is 6.42 Å². The first-order valence-corrected chi connectivity index (χ1v) is 5.60. The molecule has 0 aliphatic rings. The standard InChI is InChI=1S/C14H21NO/c1-5-11-14(3,16)12(2)15(4)13-9-7-6-8-10-13/h5-10,12,16H,1,11H2,2-4H3/t12-,14+/m1/s1. The number of nitrogens with zero attached hydrogens (tertiary/aromatic N) is 1. The van der Waals surface area contributed by atoms with E-state index in [1.54, 1.807) is 6.08 Å². The van der Waals surface area contributed by atoms with Gasteiger partial charge < -0.3 is 10.0 Å². The molecule has 0 saturated heterocycles. The van der Waals surface area contributed by atoms with E-state index in [1.165, 1.54) is 0 Å². The Hall–Kier alpha value is -1.28. The van der Waals surface area contributed by atoms with Crippen molar-refractivity contribution < 1.29 is 5.11 Å². The molecule has 0 fully saturated rings. The molecule has 0 aliphatic heterocycles. The number of rotatable bonds is 5. The summed E-state index contributed by atoms with van der Waals surface area (Å²) in [4.78, 5) is 2.09. The van der Waals surface area contributed by atoms with E-state index in [1.807, 2.05) is 51.2 Å². The normalized spacial score (nSPS) is 16.2. The molecule has 16 heavy (non-hydrogen) atoms. The Labute approximate surface area is 98.2 Å². The van der Waals surface area contributed by atoms with E-state index >= 15 is 0 Å². The Morgan fingerprint density at radius 3 is 2.50 bits per heavy atom. The SMILES string of the molecule is C=CC[C@](C)(O)[C@@H](C)N(C)c1ccccc1. The lowest BCUT2D eigenvalue weighted by Gasteiger charge is -2.37. The molecule has 0 amide bonds. The fraction of sp³-hybridized carbons (Fsp3) is 0.429. The maximum absolute atomic E-state index is 10.3. The molecule has 0 heterocycles. The van der Waals surface area contributed by atoms with E-state index in [0.717, 1.165) is 5.69 Å². The quantitative estimate of drug-likeness (QED) is 0.770. The van der Waals surface area contributed by atoms with E-state index in [-0.39, 0.29) is 6.04 Å². The fourth-order valence-corrected chi connectivity index (χ4v) is 1.77. The number of benzene rings is 1. The molecule has 0 radical (unpaired) electrons. The Bertz CT molecular complexity index is 332. The summed E-state index contributed by atoms with van der Waals surface area (Å²) in [5, 5.41) is 10.3. The zero-order chi connectivity index (χ0) is 12.2. The van der Waals surface area contributed by atoms with Crippen molar-refractivity contribution in [2.75, 3.05) is 11.9 Å². The lowest BCUT2D eigenvalue weighted by molar-refractivity contribution is 0.0401. The van der Waals surface area contributed by atoms with Gasteiger partial charge in [0.05, 0.1) is 11.6 Å². The van der Waals surface area contributed by atoms with Crippen molar-refractivity contribution in [2.45, 2.75) is 31.9 Å². The smallest absolute Gasteiger partial charge is 0.0853 e. The summed E-state index contributed by atoms with van der Waals surface area (Å²) in [6.07, 6.45) is 2.35. The zero-order valence-electron chi connectivity index (χ0n) is 10.4. The molecule has 1 rings (SSSR count). The maximum atomic E-state index is 10.3. The summed E-state index contributed by atoms with van der Waals surface area (Å²) in [6.45, 7) is 7.55. The topological polar surface area (TPSA) is 23.5 Å². The molecule has 0 unspecified atom stereocenters. The largest absolute Gasteiger partial charge is 0.388 e. The van der Waals surface area contributed by atoms with Crippen LogP contribution in [0.3, 0.4) is 0 Å². The summed E-state index contributed by atoms with van der Waals surface area (Å²) in [6, 6.07) is 10.1. The van der Waals surface area contributed by atoms with Gasteiger partial charge in [0.15, 0.2) is 0 Å². The van der Waals surface area contributed by atoms with Gasteiger partial charge in [-0.05, 0) is 32.4 Å². The van der Waals surface area contributed by atoms with Gasteiger partial charge in [0, 0.05) is 12.7 Å². The molecule has 0 aliphatic carbocycles. The molecular formula is C14H21NO. The van der Waals surface area contributed by atoms with Gasteiger partial charge in [-0.25, -0.2) is 0 Å². The first kappa shape index (κ1) is 12.8. The van der Waals surface area contributed by atoms with Gasteiger partial charge in [0.25, 0.3) is 0 Å². The van der Waals surface area contributed by atoms with Crippen LogP contribution in [0.25, 0.3) is 0 Å². The lowest BCUT2D eigenvalue weighted by atomic mass is 9.92. The third kappa shape index (κ3) is 2.86. The van der Waals surface area contributed by atoms with Crippen LogP contribution in [0.2, 0.25) is 0 Å². The third-order valence-electron chi connectivity index (χ3n) is 3.20. The third-order valence-corrected chi connectivity index (χ3v) is 3.20. The highest BCUT2D eigenvalue weighted by Crippen LogP contribution is 2.24. The predicted octanol–water partition coefficient (Wildman–Crippen LogP) is 2.84. The van der Waals surface area contributed by atoms with Crippen LogP contribution in [0.5, 0.6) is 0 Å². The van der Waals surface area contributed by atoms with Crippen molar-refractivity contribution >= 4 is 5.69 Å². The van der Waals surface area contributed by atoms with E-state index < -0.39 is 5.60 Å². The highest BCUT2D eigenvalue weighted by Gasteiger charge is 2.29. The van der Waals surface area contributed by atoms with Gasteiger partial charge >= 0.3 is 0 Å². The molecule has 88 valence electrons. The minimum Gasteiger partial charge on any atom is -0.388 e. The van der Waals surface area contributed by atoms with Crippen LogP contribution in [0, 0.1) is 0 Å². The molecule has 2 nitrogen and oxygen atoms in total. The van der Waals surface area contributed by atoms with Gasteiger partial charge in [-0.3, -0.25) is 0 Å². The van der Waals surface area contributed by atoms with Gasteiger partial charge in [-0.1, -0.05) is 24.3 Å². The summed E-state index contributed by atoms with van der Waals surface area (Å²) < 4.78 is 0. The predicted molar refractivity (Wildman–Crippen MR) is 69.7 cm³/mol. The number of anilines is 1. The van der Waals surface area contributed by atoms with Crippen LogP contribution in [-0.4, -0.2) is 23.8 Å². The second-order valence-electron chi connectivity index (χ2n) is 4.47. The highest BCUT2D eigenvalue weighted by molar-refractivity contribution is 5.46. The summed E-state index contributed by atoms with van der Waals surface area (Å²) in [7, 11) is 2.00. The Balaban J connectivity index is 2.82. The van der Waals surface area contributed by atoms with Gasteiger partial charge in [-0.2, -0.15) is 0 Å². The van der Waals surface area contributed by atoms with Crippen LogP contribution in [-0.2, 0) is 0 Å². The number of hydrogen-bond acceptors (Lipinski definition) is 2. The monoisotopic (exact) mass is 219 g/mol. The van der Waals surface area contributed by atoms with Crippen LogP contribution in [0.4, 0.5) is 5.69 Å². The van der Waals surface area contributed by atoms with Crippen molar-refractivity contribution in [1.29, 1.82) is 0 Å². The van der Waals surface area contributed by atoms with E-state index in [4.69, 9.17) is 0 Å². The molecule has 2 heteroatoms. The molecule has 0 bridgehead atoms. The van der Waals surface area contributed by atoms with Crippen LogP contribution in [0.15, 0.2) is 43.0 Å².